The zero-order chi connectivity index (χ0) is 14.8. The number of esters is 1. The second-order valence-electron chi connectivity index (χ2n) is 4.69. The minimum absolute atomic E-state index is 0.150. The Morgan fingerprint density at radius 2 is 2.20 bits per heavy atom. The maximum absolute atomic E-state index is 11.2. The lowest BCUT2D eigenvalue weighted by atomic mass is 10.2. The molecule has 0 aromatic heterocycles. The molecule has 0 spiro atoms. The number of hydrogen-bond acceptors (Lipinski definition) is 4. The monoisotopic (exact) mass is 274 g/mol. The summed E-state index contributed by atoms with van der Waals surface area (Å²) in [4.78, 5) is 13.5. The summed E-state index contributed by atoms with van der Waals surface area (Å²) in [6.45, 7) is 5.93. The average Bonchev–Trinajstić information content (AvgIpc) is 2.45. The quantitative estimate of drug-likeness (QED) is 0.540. The molecule has 4 heteroatoms. The van der Waals surface area contributed by atoms with E-state index in [-0.39, 0.29) is 12.6 Å². The third-order valence-corrected chi connectivity index (χ3v) is 3.11. The highest BCUT2D eigenvalue weighted by molar-refractivity contribution is 5.69. The standard InChI is InChI=1S/C16H22N2O2/c1-3-18(15-8-6-7-14(2)13-15)11-5-4-9-16(19)20-12-10-17/h6-8,13H,3-5,9,11-12H2,1-2H3. The van der Waals surface area contributed by atoms with Gasteiger partial charge in [0.05, 0.1) is 0 Å². The Morgan fingerprint density at radius 1 is 1.40 bits per heavy atom. The van der Waals surface area contributed by atoms with Gasteiger partial charge in [-0.15, -0.1) is 0 Å². The van der Waals surface area contributed by atoms with Crippen molar-refractivity contribution in [3.63, 3.8) is 0 Å². The second-order valence-corrected chi connectivity index (χ2v) is 4.69. The topological polar surface area (TPSA) is 53.3 Å². The molecule has 1 aromatic rings. The van der Waals surface area contributed by atoms with Crippen LogP contribution in [0.1, 0.15) is 31.7 Å². The summed E-state index contributed by atoms with van der Waals surface area (Å²) in [5.41, 5.74) is 2.47. The minimum Gasteiger partial charge on any atom is -0.450 e. The van der Waals surface area contributed by atoms with Gasteiger partial charge in [0.2, 0.25) is 0 Å². The Bertz CT molecular complexity index is 466. The largest absolute Gasteiger partial charge is 0.450 e. The summed E-state index contributed by atoms with van der Waals surface area (Å²) in [5, 5.41) is 8.31. The fourth-order valence-electron chi connectivity index (χ4n) is 2.05. The number of nitrogens with zero attached hydrogens (tertiary/aromatic N) is 2. The van der Waals surface area contributed by atoms with Crippen LogP contribution in [0.25, 0.3) is 0 Å². The Kier molecular flexibility index (Phi) is 7.20. The maximum Gasteiger partial charge on any atom is 0.306 e. The maximum atomic E-state index is 11.2. The van der Waals surface area contributed by atoms with E-state index >= 15 is 0 Å². The van der Waals surface area contributed by atoms with E-state index in [0.717, 1.165) is 25.9 Å². The molecule has 0 fully saturated rings. The number of hydrogen-bond donors (Lipinski definition) is 0. The van der Waals surface area contributed by atoms with E-state index in [0.29, 0.717) is 6.42 Å². The molecule has 0 amide bonds. The number of unbranched alkanes of at least 4 members (excludes halogenated alkanes) is 1. The molecule has 0 bridgehead atoms. The Hall–Kier alpha value is -2.02. The van der Waals surface area contributed by atoms with Crippen molar-refractivity contribution in [3.05, 3.63) is 29.8 Å². The molecule has 0 unspecified atom stereocenters. The summed E-state index contributed by atoms with van der Waals surface area (Å²) in [6, 6.07) is 10.2. The molecule has 0 N–H and O–H groups in total. The highest BCUT2D eigenvalue weighted by Gasteiger charge is 2.06. The van der Waals surface area contributed by atoms with Crippen LogP contribution >= 0.6 is 0 Å². The molecule has 0 saturated heterocycles. The van der Waals surface area contributed by atoms with E-state index in [1.165, 1.54) is 11.3 Å². The fraction of sp³-hybridized carbons (Fsp3) is 0.500. The lowest BCUT2D eigenvalue weighted by molar-refractivity contribution is -0.142. The minimum atomic E-state index is -0.287. The van der Waals surface area contributed by atoms with E-state index in [4.69, 9.17) is 10.00 Å². The number of rotatable bonds is 8. The van der Waals surface area contributed by atoms with E-state index in [2.05, 4.69) is 43.0 Å². The van der Waals surface area contributed by atoms with Gasteiger partial charge in [-0.3, -0.25) is 4.79 Å². The molecule has 0 aliphatic rings. The zero-order valence-corrected chi connectivity index (χ0v) is 12.3. The van der Waals surface area contributed by atoms with Crippen LogP contribution in [-0.4, -0.2) is 25.7 Å². The number of ether oxygens (including phenoxy) is 1. The lowest BCUT2D eigenvalue weighted by Crippen LogP contribution is -2.24. The molecule has 0 saturated carbocycles. The summed E-state index contributed by atoms with van der Waals surface area (Å²) < 4.78 is 4.71. The van der Waals surface area contributed by atoms with Crippen LogP contribution in [0.2, 0.25) is 0 Å². The highest BCUT2D eigenvalue weighted by atomic mass is 16.5. The summed E-state index contributed by atoms with van der Waals surface area (Å²) in [6.07, 6.45) is 2.10. The molecule has 0 heterocycles. The number of benzene rings is 1. The predicted molar refractivity (Wildman–Crippen MR) is 79.5 cm³/mol. The van der Waals surface area contributed by atoms with Crippen molar-refractivity contribution in [3.8, 4) is 6.07 Å². The van der Waals surface area contributed by atoms with Gasteiger partial charge in [0.15, 0.2) is 6.61 Å². The first-order valence-corrected chi connectivity index (χ1v) is 7.01. The Labute approximate surface area is 121 Å². The SMILES string of the molecule is CCN(CCCCC(=O)OCC#N)c1cccc(C)c1. The van der Waals surface area contributed by atoms with E-state index in [1.54, 1.807) is 6.07 Å². The molecule has 0 atom stereocenters. The first kappa shape index (κ1) is 16.0. The van der Waals surface area contributed by atoms with Gasteiger partial charge in [-0.2, -0.15) is 5.26 Å². The molecule has 4 nitrogen and oxygen atoms in total. The van der Waals surface area contributed by atoms with Crippen molar-refractivity contribution in [2.75, 3.05) is 24.6 Å². The smallest absolute Gasteiger partial charge is 0.306 e. The molecule has 0 aliphatic carbocycles. The predicted octanol–water partition coefficient (Wildman–Crippen LogP) is 3.06. The number of carbonyl (C=O) groups is 1. The molecule has 1 aromatic carbocycles. The van der Waals surface area contributed by atoms with Crippen LogP contribution in [0.3, 0.4) is 0 Å². The number of aryl methyl sites for hydroxylation is 1. The number of carbonyl (C=O) groups excluding carboxylic acids is 1. The first-order valence-electron chi connectivity index (χ1n) is 7.01. The van der Waals surface area contributed by atoms with E-state index in [9.17, 15) is 4.79 Å². The van der Waals surface area contributed by atoms with Gasteiger partial charge in [0.1, 0.15) is 6.07 Å². The number of nitriles is 1. The van der Waals surface area contributed by atoms with Gasteiger partial charge in [0.25, 0.3) is 0 Å². The van der Waals surface area contributed by atoms with Crippen LogP contribution in [0.5, 0.6) is 0 Å². The third kappa shape index (κ3) is 5.75. The van der Waals surface area contributed by atoms with Gasteiger partial charge in [0, 0.05) is 25.2 Å². The van der Waals surface area contributed by atoms with Crippen molar-refractivity contribution in [2.45, 2.75) is 33.1 Å². The van der Waals surface area contributed by atoms with E-state index in [1.807, 2.05) is 0 Å². The van der Waals surface area contributed by atoms with Gasteiger partial charge in [-0.25, -0.2) is 0 Å². The molecule has 0 radical (unpaired) electrons. The molecular formula is C16H22N2O2. The average molecular weight is 274 g/mol. The molecule has 1 rings (SSSR count). The molecular weight excluding hydrogens is 252 g/mol. The summed E-state index contributed by atoms with van der Waals surface area (Å²) in [5.74, 6) is -0.287. The third-order valence-electron chi connectivity index (χ3n) is 3.11. The molecule has 20 heavy (non-hydrogen) atoms. The number of anilines is 1. The van der Waals surface area contributed by atoms with Crippen LogP contribution in [0, 0.1) is 18.3 Å². The van der Waals surface area contributed by atoms with Crippen molar-refractivity contribution in [1.82, 2.24) is 0 Å². The molecule has 0 aliphatic heterocycles. The first-order chi connectivity index (χ1) is 9.67. The van der Waals surface area contributed by atoms with Crippen molar-refractivity contribution < 1.29 is 9.53 Å². The van der Waals surface area contributed by atoms with E-state index < -0.39 is 0 Å². The van der Waals surface area contributed by atoms with Crippen LogP contribution < -0.4 is 4.90 Å². The lowest BCUT2D eigenvalue weighted by Gasteiger charge is -2.23. The Balaban J connectivity index is 2.32. The normalized spacial score (nSPS) is 9.85. The van der Waals surface area contributed by atoms with Crippen LogP contribution in [0.15, 0.2) is 24.3 Å². The van der Waals surface area contributed by atoms with Gasteiger partial charge in [-0.1, -0.05) is 12.1 Å². The summed E-state index contributed by atoms with van der Waals surface area (Å²) in [7, 11) is 0. The van der Waals surface area contributed by atoms with Crippen LogP contribution in [0.4, 0.5) is 5.69 Å². The fourth-order valence-corrected chi connectivity index (χ4v) is 2.05. The summed E-state index contributed by atoms with van der Waals surface area (Å²) >= 11 is 0. The van der Waals surface area contributed by atoms with Crippen LogP contribution in [-0.2, 0) is 9.53 Å². The van der Waals surface area contributed by atoms with Gasteiger partial charge < -0.3 is 9.64 Å². The Morgan fingerprint density at radius 3 is 2.85 bits per heavy atom. The van der Waals surface area contributed by atoms with Gasteiger partial charge >= 0.3 is 5.97 Å². The second kappa shape index (κ2) is 8.98. The highest BCUT2D eigenvalue weighted by Crippen LogP contribution is 2.16. The zero-order valence-electron chi connectivity index (χ0n) is 12.3. The van der Waals surface area contributed by atoms with Crippen molar-refractivity contribution in [2.24, 2.45) is 0 Å². The van der Waals surface area contributed by atoms with Crippen molar-refractivity contribution >= 4 is 11.7 Å². The van der Waals surface area contributed by atoms with Gasteiger partial charge in [-0.05, 0) is 44.4 Å². The molecule has 108 valence electrons. The van der Waals surface area contributed by atoms with Crippen molar-refractivity contribution in [1.29, 1.82) is 5.26 Å².